The van der Waals surface area contributed by atoms with Gasteiger partial charge in [-0.2, -0.15) is 11.8 Å². The normalized spacial score (nSPS) is 16.1. The molecule has 2 rings (SSSR count). The first-order chi connectivity index (χ1) is 9.20. The molecule has 0 spiro atoms. The molecule has 104 valence electrons. The van der Waals surface area contributed by atoms with Crippen LogP contribution in [0.25, 0.3) is 0 Å². The molecule has 1 heterocycles. The molecule has 19 heavy (non-hydrogen) atoms. The second-order valence-electron chi connectivity index (χ2n) is 4.70. The molecule has 0 bridgehead atoms. The van der Waals surface area contributed by atoms with Crippen molar-refractivity contribution in [3.05, 3.63) is 23.8 Å². The fourth-order valence-corrected chi connectivity index (χ4v) is 3.30. The molecule has 4 nitrogen and oxygen atoms in total. The second-order valence-corrected chi connectivity index (χ2v) is 5.92. The molecular formula is C14H21N3OS. The van der Waals surface area contributed by atoms with Crippen molar-refractivity contribution >= 4 is 29.0 Å². The molecule has 5 heteroatoms. The number of carbonyl (C=O) groups is 1. The van der Waals surface area contributed by atoms with Crippen molar-refractivity contribution in [1.82, 2.24) is 5.32 Å². The zero-order valence-corrected chi connectivity index (χ0v) is 12.1. The second kappa shape index (κ2) is 6.70. The van der Waals surface area contributed by atoms with Gasteiger partial charge in [0.1, 0.15) is 0 Å². The van der Waals surface area contributed by atoms with E-state index in [0.29, 0.717) is 23.8 Å². The number of thioether (sulfide) groups is 1. The van der Waals surface area contributed by atoms with Gasteiger partial charge in [0.05, 0.1) is 5.56 Å². The summed E-state index contributed by atoms with van der Waals surface area (Å²) in [6, 6.07) is 5.86. The van der Waals surface area contributed by atoms with Crippen LogP contribution in [0.15, 0.2) is 18.2 Å². The summed E-state index contributed by atoms with van der Waals surface area (Å²) in [4.78, 5) is 12.0. The molecule has 1 aliphatic rings. The Kier molecular flexibility index (Phi) is 4.96. The van der Waals surface area contributed by atoms with E-state index in [-0.39, 0.29) is 5.91 Å². The summed E-state index contributed by atoms with van der Waals surface area (Å²) >= 11 is 1.99. The molecule has 1 saturated heterocycles. The van der Waals surface area contributed by atoms with E-state index in [2.05, 4.69) is 10.6 Å². The number of nitrogen functional groups attached to an aromatic ring is 1. The van der Waals surface area contributed by atoms with E-state index in [0.717, 1.165) is 18.5 Å². The van der Waals surface area contributed by atoms with Gasteiger partial charge in [-0.05, 0) is 49.5 Å². The van der Waals surface area contributed by atoms with Gasteiger partial charge in [-0.15, -0.1) is 0 Å². The average Bonchev–Trinajstić information content (AvgIpc) is 2.40. The van der Waals surface area contributed by atoms with Crippen molar-refractivity contribution in [2.45, 2.75) is 25.8 Å². The van der Waals surface area contributed by atoms with Crippen LogP contribution in [0.5, 0.6) is 0 Å². The Hall–Kier alpha value is -1.36. The zero-order chi connectivity index (χ0) is 13.7. The Bertz CT molecular complexity index is 444. The Morgan fingerprint density at radius 3 is 2.84 bits per heavy atom. The molecule has 1 amide bonds. The van der Waals surface area contributed by atoms with Gasteiger partial charge in [0, 0.05) is 24.0 Å². The maximum absolute atomic E-state index is 12.0. The van der Waals surface area contributed by atoms with E-state index in [4.69, 9.17) is 5.73 Å². The van der Waals surface area contributed by atoms with Crippen molar-refractivity contribution in [2.24, 2.45) is 0 Å². The van der Waals surface area contributed by atoms with Crippen molar-refractivity contribution < 1.29 is 4.79 Å². The molecule has 1 fully saturated rings. The van der Waals surface area contributed by atoms with E-state index in [1.807, 2.05) is 24.8 Å². The zero-order valence-electron chi connectivity index (χ0n) is 11.2. The van der Waals surface area contributed by atoms with Crippen molar-refractivity contribution in [3.63, 3.8) is 0 Å². The van der Waals surface area contributed by atoms with E-state index in [9.17, 15) is 4.79 Å². The van der Waals surface area contributed by atoms with E-state index < -0.39 is 0 Å². The van der Waals surface area contributed by atoms with E-state index in [1.54, 1.807) is 12.1 Å². The number of anilines is 2. The third-order valence-corrected chi connectivity index (χ3v) is 4.26. The third-order valence-electron chi connectivity index (χ3n) is 3.21. The van der Waals surface area contributed by atoms with Gasteiger partial charge in [-0.25, -0.2) is 0 Å². The molecule has 1 aliphatic heterocycles. The molecule has 1 aromatic rings. The van der Waals surface area contributed by atoms with Crippen LogP contribution in [0.3, 0.4) is 0 Å². The topological polar surface area (TPSA) is 67.2 Å². The molecule has 0 saturated carbocycles. The Balaban J connectivity index is 2.16. The van der Waals surface area contributed by atoms with Gasteiger partial charge in [0.15, 0.2) is 0 Å². The minimum atomic E-state index is -0.0461. The fourth-order valence-electron chi connectivity index (χ4n) is 2.20. The number of rotatable bonds is 4. The van der Waals surface area contributed by atoms with Gasteiger partial charge in [0.25, 0.3) is 5.91 Å². The lowest BCUT2D eigenvalue weighted by atomic mass is 10.1. The predicted molar refractivity (Wildman–Crippen MR) is 82.8 cm³/mol. The van der Waals surface area contributed by atoms with Gasteiger partial charge in [-0.3, -0.25) is 4.79 Å². The highest BCUT2D eigenvalue weighted by atomic mass is 32.2. The van der Waals surface area contributed by atoms with Crippen LogP contribution in [-0.2, 0) is 0 Å². The van der Waals surface area contributed by atoms with E-state index >= 15 is 0 Å². The quantitative estimate of drug-likeness (QED) is 0.740. The summed E-state index contributed by atoms with van der Waals surface area (Å²) in [5.41, 5.74) is 8.04. The van der Waals surface area contributed by atoms with E-state index in [1.165, 1.54) is 11.5 Å². The third kappa shape index (κ3) is 3.80. The lowest BCUT2D eigenvalue weighted by Crippen LogP contribution is -2.28. The highest BCUT2D eigenvalue weighted by Crippen LogP contribution is 2.25. The minimum absolute atomic E-state index is 0.0461. The number of nitrogens with two attached hydrogens (primary N) is 1. The minimum Gasteiger partial charge on any atom is -0.399 e. The summed E-state index contributed by atoms with van der Waals surface area (Å²) in [5, 5.41) is 6.31. The number of benzene rings is 1. The van der Waals surface area contributed by atoms with Crippen LogP contribution in [-0.4, -0.2) is 30.0 Å². The van der Waals surface area contributed by atoms with Crippen LogP contribution in [0, 0.1) is 0 Å². The fraction of sp³-hybridized carbons (Fsp3) is 0.500. The number of hydrogen-bond acceptors (Lipinski definition) is 4. The number of carbonyl (C=O) groups excluding carboxylic acids is 1. The van der Waals surface area contributed by atoms with Crippen LogP contribution < -0.4 is 16.4 Å². The van der Waals surface area contributed by atoms with Crippen LogP contribution in [0.2, 0.25) is 0 Å². The average molecular weight is 279 g/mol. The van der Waals surface area contributed by atoms with Crippen molar-refractivity contribution in [3.8, 4) is 0 Å². The maximum atomic E-state index is 12.0. The number of hydrogen-bond donors (Lipinski definition) is 3. The predicted octanol–water partition coefficient (Wildman–Crippen LogP) is 2.33. The summed E-state index contributed by atoms with van der Waals surface area (Å²) in [5.74, 6) is 2.31. The monoisotopic (exact) mass is 279 g/mol. The Morgan fingerprint density at radius 1 is 1.42 bits per heavy atom. The van der Waals surface area contributed by atoms with Gasteiger partial charge in [-0.1, -0.05) is 0 Å². The summed E-state index contributed by atoms with van der Waals surface area (Å²) in [6.07, 6.45) is 2.27. The molecule has 4 N–H and O–H groups in total. The largest absolute Gasteiger partial charge is 0.399 e. The molecular weight excluding hydrogens is 258 g/mol. The van der Waals surface area contributed by atoms with Crippen LogP contribution >= 0.6 is 11.8 Å². The molecule has 1 aromatic carbocycles. The number of amides is 1. The molecule has 0 aliphatic carbocycles. The molecule has 0 radical (unpaired) electrons. The van der Waals surface area contributed by atoms with Crippen LogP contribution in [0.1, 0.15) is 30.1 Å². The first-order valence-electron chi connectivity index (χ1n) is 6.72. The molecule has 0 unspecified atom stereocenters. The van der Waals surface area contributed by atoms with Gasteiger partial charge in [0.2, 0.25) is 0 Å². The summed E-state index contributed by atoms with van der Waals surface area (Å²) in [6.45, 7) is 2.55. The molecule has 0 atom stereocenters. The van der Waals surface area contributed by atoms with Crippen molar-refractivity contribution in [2.75, 3.05) is 29.1 Å². The van der Waals surface area contributed by atoms with Crippen molar-refractivity contribution in [1.29, 1.82) is 0 Å². The lowest BCUT2D eigenvalue weighted by Gasteiger charge is -2.25. The molecule has 0 aromatic heterocycles. The van der Waals surface area contributed by atoms with Crippen LogP contribution in [0.4, 0.5) is 11.4 Å². The maximum Gasteiger partial charge on any atom is 0.253 e. The highest BCUT2D eigenvalue weighted by molar-refractivity contribution is 7.99. The van der Waals surface area contributed by atoms with Gasteiger partial charge < -0.3 is 16.4 Å². The Labute approximate surface area is 118 Å². The summed E-state index contributed by atoms with van der Waals surface area (Å²) < 4.78 is 0. The SMILES string of the molecule is CCNC(=O)c1ccc(N)cc1NC1CCSCC1. The smallest absolute Gasteiger partial charge is 0.253 e. The first-order valence-corrected chi connectivity index (χ1v) is 7.88. The lowest BCUT2D eigenvalue weighted by molar-refractivity contribution is 0.0956. The number of nitrogens with one attached hydrogen (secondary N) is 2. The summed E-state index contributed by atoms with van der Waals surface area (Å²) in [7, 11) is 0. The Morgan fingerprint density at radius 2 is 2.16 bits per heavy atom. The first kappa shape index (κ1) is 14.1. The van der Waals surface area contributed by atoms with Gasteiger partial charge >= 0.3 is 0 Å². The standard InChI is InChI=1S/C14H21N3OS/c1-2-16-14(18)12-4-3-10(15)9-13(12)17-11-5-7-19-8-6-11/h3-4,9,11,17H,2,5-8,15H2,1H3,(H,16,18). The highest BCUT2D eigenvalue weighted by Gasteiger charge is 2.17.